The summed E-state index contributed by atoms with van der Waals surface area (Å²) in [6.07, 6.45) is 0. The van der Waals surface area contributed by atoms with E-state index in [4.69, 9.17) is 4.55 Å². The molecule has 8 heteroatoms. The Morgan fingerprint density at radius 3 is 2.43 bits per heavy atom. The van der Waals surface area contributed by atoms with Crippen LogP contribution in [0, 0.1) is 10.1 Å². The maximum absolute atomic E-state index is 10.7. The number of halogens is 1. The fourth-order valence-corrected chi connectivity index (χ4v) is 1.84. The molecule has 1 rings (SSSR count). The Balaban J connectivity index is 3.53. The van der Waals surface area contributed by atoms with Crippen LogP contribution in [-0.4, -0.2) is 17.9 Å². The summed E-state index contributed by atoms with van der Waals surface area (Å²) in [5, 5.41) is 10.4. The molecular weight excluding hydrogens is 278 g/mol. The first-order chi connectivity index (χ1) is 6.32. The minimum atomic E-state index is -4.56. The Kier molecular flexibility index (Phi) is 2.88. The van der Waals surface area contributed by atoms with Gasteiger partial charge < -0.3 is 0 Å². The minimum absolute atomic E-state index is 0.358. The maximum atomic E-state index is 10.7. The molecule has 0 amide bonds. The van der Waals surface area contributed by atoms with Crippen LogP contribution in [0.4, 0.5) is 5.69 Å². The summed E-state index contributed by atoms with van der Waals surface area (Å²) in [4.78, 5) is 8.83. The second-order valence-electron chi connectivity index (χ2n) is 2.34. The van der Waals surface area contributed by atoms with E-state index in [2.05, 4.69) is 15.9 Å². The van der Waals surface area contributed by atoms with Crippen molar-refractivity contribution in [3.63, 3.8) is 0 Å². The molecule has 76 valence electrons. The summed E-state index contributed by atoms with van der Waals surface area (Å²) in [5.41, 5.74) is -0.665. The van der Waals surface area contributed by atoms with E-state index in [1.54, 1.807) is 0 Å². The third kappa shape index (κ3) is 2.28. The quantitative estimate of drug-likeness (QED) is 0.504. The monoisotopic (exact) mass is 281 g/mol. The summed E-state index contributed by atoms with van der Waals surface area (Å²) in [5.74, 6) is 0. The van der Waals surface area contributed by atoms with Gasteiger partial charge in [0.25, 0.3) is 5.69 Å². The van der Waals surface area contributed by atoms with Crippen LogP contribution in [0.5, 0.6) is 0 Å². The molecule has 0 saturated carbocycles. The molecule has 0 heterocycles. The van der Waals surface area contributed by atoms with E-state index in [0.29, 0.717) is 4.47 Å². The zero-order valence-electron chi connectivity index (χ0n) is 6.55. The molecule has 0 aliphatic heterocycles. The van der Waals surface area contributed by atoms with Gasteiger partial charge in [0.05, 0.1) is 4.92 Å². The summed E-state index contributed by atoms with van der Waals surface area (Å²) in [6.45, 7) is 0. The van der Waals surface area contributed by atoms with E-state index in [0.717, 1.165) is 12.1 Å². The minimum Gasteiger partial charge on any atom is -0.282 e. The van der Waals surface area contributed by atoms with Crippen LogP contribution >= 0.6 is 15.9 Å². The van der Waals surface area contributed by atoms with Crippen LogP contribution in [0.2, 0.25) is 0 Å². The third-order valence-electron chi connectivity index (χ3n) is 1.40. The largest absolute Gasteiger partial charge is 0.301 e. The average molecular weight is 282 g/mol. The molecule has 0 atom stereocenters. The standard InChI is InChI=1S/C6H4BrNO5S/c7-4-1-2-6(14(11,12)13)5(3-4)8(9)10/h1-3H,(H,11,12,13). The summed E-state index contributed by atoms with van der Waals surface area (Å²) >= 11 is 2.95. The molecule has 0 aliphatic rings. The molecule has 0 bridgehead atoms. The lowest BCUT2D eigenvalue weighted by Crippen LogP contribution is -2.02. The molecule has 0 aliphatic carbocycles. The van der Waals surface area contributed by atoms with E-state index in [1.807, 2.05) is 0 Å². The van der Waals surface area contributed by atoms with Crippen molar-refractivity contribution in [3.05, 3.63) is 32.8 Å². The number of rotatable bonds is 2. The van der Waals surface area contributed by atoms with Crippen molar-refractivity contribution < 1.29 is 17.9 Å². The normalized spacial score (nSPS) is 11.3. The van der Waals surface area contributed by atoms with Crippen LogP contribution < -0.4 is 0 Å². The van der Waals surface area contributed by atoms with Gasteiger partial charge in [-0.1, -0.05) is 15.9 Å². The maximum Gasteiger partial charge on any atom is 0.301 e. The molecule has 0 radical (unpaired) electrons. The van der Waals surface area contributed by atoms with Crippen molar-refractivity contribution >= 4 is 31.7 Å². The molecule has 0 aromatic heterocycles. The highest BCUT2D eigenvalue weighted by atomic mass is 79.9. The molecule has 0 spiro atoms. The van der Waals surface area contributed by atoms with E-state index >= 15 is 0 Å². The number of nitro benzene ring substituents is 1. The van der Waals surface area contributed by atoms with E-state index in [9.17, 15) is 18.5 Å². The third-order valence-corrected chi connectivity index (χ3v) is 2.79. The fraction of sp³-hybridized carbons (Fsp3) is 0. The highest BCUT2D eigenvalue weighted by Gasteiger charge is 2.23. The molecular formula is C6H4BrNO5S. The van der Waals surface area contributed by atoms with Crippen molar-refractivity contribution in [3.8, 4) is 0 Å². The van der Waals surface area contributed by atoms with Gasteiger partial charge in [-0.05, 0) is 12.1 Å². The van der Waals surface area contributed by atoms with Crippen LogP contribution in [-0.2, 0) is 10.1 Å². The van der Waals surface area contributed by atoms with Gasteiger partial charge in [-0.3, -0.25) is 14.7 Å². The van der Waals surface area contributed by atoms with Gasteiger partial charge >= 0.3 is 10.1 Å². The zero-order chi connectivity index (χ0) is 10.9. The van der Waals surface area contributed by atoms with Gasteiger partial charge in [-0.25, -0.2) is 0 Å². The van der Waals surface area contributed by atoms with Crippen molar-refractivity contribution in [2.45, 2.75) is 4.90 Å². The fourth-order valence-electron chi connectivity index (χ4n) is 0.851. The smallest absolute Gasteiger partial charge is 0.282 e. The van der Waals surface area contributed by atoms with Gasteiger partial charge in [0.2, 0.25) is 0 Å². The van der Waals surface area contributed by atoms with Gasteiger partial charge in [0.1, 0.15) is 0 Å². The molecule has 1 aromatic rings. The van der Waals surface area contributed by atoms with Crippen molar-refractivity contribution in [1.82, 2.24) is 0 Å². The Bertz CT molecular complexity index is 483. The number of nitrogens with zero attached hydrogens (tertiary/aromatic N) is 1. The Morgan fingerprint density at radius 1 is 1.43 bits per heavy atom. The lowest BCUT2D eigenvalue weighted by molar-refractivity contribution is -0.388. The number of hydrogen-bond donors (Lipinski definition) is 1. The Labute approximate surface area is 87.6 Å². The number of hydrogen-bond acceptors (Lipinski definition) is 4. The van der Waals surface area contributed by atoms with Crippen molar-refractivity contribution in [1.29, 1.82) is 0 Å². The van der Waals surface area contributed by atoms with Gasteiger partial charge in [0.15, 0.2) is 4.90 Å². The van der Waals surface area contributed by atoms with E-state index in [-0.39, 0.29) is 0 Å². The number of benzene rings is 1. The predicted octanol–water partition coefficient (Wildman–Crippen LogP) is 1.60. The Hall–Kier alpha value is -0.990. The van der Waals surface area contributed by atoms with Gasteiger partial charge in [-0.2, -0.15) is 8.42 Å². The van der Waals surface area contributed by atoms with E-state index < -0.39 is 25.6 Å². The lowest BCUT2D eigenvalue weighted by atomic mass is 10.3. The SMILES string of the molecule is O=[N+]([O-])c1cc(Br)ccc1S(=O)(=O)O. The van der Waals surface area contributed by atoms with Gasteiger partial charge in [0, 0.05) is 10.5 Å². The molecule has 0 saturated heterocycles. The molecule has 6 nitrogen and oxygen atoms in total. The first kappa shape index (κ1) is 11.1. The topological polar surface area (TPSA) is 97.5 Å². The molecule has 1 N–H and O–H groups in total. The first-order valence-electron chi connectivity index (χ1n) is 3.24. The summed E-state index contributed by atoms with van der Waals surface area (Å²) < 4.78 is 30.4. The molecule has 0 fully saturated rings. The summed E-state index contributed by atoms with van der Waals surface area (Å²) in [6, 6.07) is 3.25. The number of nitro groups is 1. The van der Waals surface area contributed by atoms with Crippen LogP contribution in [0.3, 0.4) is 0 Å². The molecule has 0 unspecified atom stereocenters. The second kappa shape index (κ2) is 3.64. The zero-order valence-corrected chi connectivity index (χ0v) is 8.95. The van der Waals surface area contributed by atoms with Gasteiger partial charge in [-0.15, -0.1) is 0 Å². The van der Waals surface area contributed by atoms with Crippen molar-refractivity contribution in [2.24, 2.45) is 0 Å². The average Bonchev–Trinajstić information content (AvgIpc) is 2.01. The second-order valence-corrected chi connectivity index (χ2v) is 4.65. The van der Waals surface area contributed by atoms with Crippen molar-refractivity contribution in [2.75, 3.05) is 0 Å². The van der Waals surface area contributed by atoms with E-state index in [1.165, 1.54) is 6.07 Å². The predicted molar refractivity (Wildman–Crippen MR) is 50.6 cm³/mol. The summed E-state index contributed by atoms with van der Waals surface area (Å²) in [7, 11) is -4.56. The van der Waals surface area contributed by atoms with Crippen LogP contribution in [0.25, 0.3) is 0 Å². The molecule has 1 aromatic carbocycles. The first-order valence-corrected chi connectivity index (χ1v) is 5.47. The van der Waals surface area contributed by atoms with Crippen LogP contribution in [0.1, 0.15) is 0 Å². The highest BCUT2D eigenvalue weighted by molar-refractivity contribution is 9.10. The molecule has 14 heavy (non-hydrogen) atoms. The lowest BCUT2D eigenvalue weighted by Gasteiger charge is -1.99. The Morgan fingerprint density at radius 2 is 2.00 bits per heavy atom. The highest BCUT2D eigenvalue weighted by Crippen LogP contribution is 2.26. The van der Waals surface area contributed by atoms with Crippen LogP contribution in [0.15, 0.2) is 27.6 Å².